The quantitative estimate of drug-likeness (QED) is 0.846. The highest BCUT2D eigenvalue weighted by atomic mass is 79.9. The van der Waals surface area contributed by atoms with Crippen molar-refractivity contribution in [1.82, 2.24) is 0 Å². The van der Waals surface area contributed by atoms with Crippen LogP contribution in [0.15, 0.2) is 22.7 Å². The molecule has 0 aromatic heterocycles. The lowest BCUT2D eigenvalue weighted by Gasteiger charge is -2.22. The molecule has 0 fully saturated rings. The first-order valence-corrected chi connectivity index (χ1v) is 5.97. The zero-order valence-electron chi connectivity index (χ0n) is 9.92. The Bertz CT molecular complexity index is 353. The average Bonchev–Trinajstić information content (AvgIpc) is 2.23. The number of nitrogens with two attached hydrogens (primary N) is 1. The molecule has 0 aliphatic rings. The third kappa shape index (κ3) is 4.02. The fraction of sp³-hybridized carbons (Fsp3) is 0.500. The van der Waals surface area contributed by atoms with Crippen molar-refractivity contribution in [3.8, 4) is 5.75 Å². The first-order valence-electron chi connectivity index (χ1n) is 5.17. The van der Waals surface area contributed by atoms with Crippen molar-refractivity contribution < 1.29 is 9.47 Å². The number of hydrogen-bond donors (Lipinski definition) is 1. The molecule has 1 aromatic carbocycles. The van der Waals surface area contributed by atoms with Gasteiger partial charge >= 0.3 is 0 Å². The Morgan fingerprint density at radius 1 is 1.38 bits per heavy atom. The first-order chi connectivity index (χ1) is 7.44. The molecule has 0 bridgehead atoms. The molecule has 0 atom stereocenters. The predicted octanol–water partition coefficient (Wildman–Crippen LogP) is 3.23. The molecule has 0 spiro atoms. The minimum atomic E-state index is -0.166. The fourth-order valence-corrected chi connectivity index (χ4v) is 1.48. The van der Waals surface area contributed by atoms with Crippen LogP contribution in [-0.4, -0.2) is 19.3 Å². The Morgan fingerprint density at radius 3 is 2.69 bits per heavy atom. The third-order valence-electron chi connectivity index (χ3n) is 2.49. The van der Waals surface area contributed by atoms with Gasteiger partial charge in [-0.15, -0.1) is 0 Å². The van der Waals surface area contributed by atoms with Gasteiger partial charge in [-0.3, -0.25) is 0 Å². The standard InChI is InChI=1S/C12H18BrNO2/c1-12(2,15-3)6-7-16-11-8-9(13)4-5-10(11)14/h4-5,8H,6-7,14H2,1-3H3. The summed E-state index contributed by atoms with van der Waals surface area (Å²) in [6, 6.07) is 5.58. The van der Waals surface area contributed by atoms with Crippen LogP contribution in [0.25, 0.3) is 0 Å². The lowest BCUT2D eigenvalue weighted by atomic mass is 10.1. The molecule has 3 nitrogen and oxygen atoms in total. The largest absolute Gasteiger partial charge is 0.491 e. The molecule has 16 heavy (non-hydrogen) atoms. The highest BCUT2D eigenvalue weighted by Crippen LogP contribution is 2.26. The van der Waals surface area contributed by atoms with Gasteiger partial charge in [-0.25, -0.2) is 0 Å². The zero-order valence-corrected chi connectivity index (χ0v) is 11.5. The van der Waals surface area contributed by atoms with E-state index in [2.05, 4.69) is 15.9 Å². The van der Waals surface area contributed by atoms with E-state index in [1.165, 1.54) is 0 Å². The molecule has 2 N–H and O–H groups in total. The number of nitrogen functional groups attached to an aromatic ring is 1. The van der Waals surface area contributed by atoms with E-state index in [1.54, 1.807) is 7.11 Å². The van der Waals surface area contributed by atoms with Gasteiger partial charge in [0.1, 0.15) is 5.75 Å². The summed E-state index contributed by atoms with van der Waals surface area (Å²) in [6.45, 7) is 4.64. The Kier molecular flexibility index (Phi) is 4.62. The van der Waals surface area contributed by atoms with Crippen molar-refractivity contribution in [1.29, 1.82) is 0 Å². The number of halogens is 1. The van der Waals surface area contributed by atoms with E-state index in [0.29, 0.717) is 18.0 Å². The van der Waals surface area contributed by atoms with Gasteiger partial charge in [0.2, 0.25) is 0 Å². The van der Waals surface area contributed by atoms with Crippen LogP contribution in [0.1, 0.15) is 20.3 Å². The van der Waals surface area contributed by atoms with Crippen LogP contribution >= 0.6 is 15.9 Å². The first kappa shape index (κ1) is 13.3. The van der Waals surface area contributed by atoms with Gasteiger partial charge in [0.15, 0.2) is 0 Å². The lowest BCUT2D eigenvalue weighted by molar-refractivity contribution is 0.00551. The van der Waals surface area contributed by atoms with Crippen LogP contribution in [0, 0.1) is 0 Å². The maximum Gasteiger partial charge on any atom is 0.143 e. The Balaban J connectivity index is 2.52. The molecule has 0 aliphatic carbocycles. The van der Waals surface area contributed by atoms with Gasteiger partial charge in [-0.2, -0.15) is 0 Å². The van der Waals surface area contributed by atoms with Gasteiger partial charge in [0.05, 0.1) is 17.9 Å². The van der Waals surface area contributed by atoms with Gasteiger partial charge in [0, 0.05) is 18.0 Å². The fourth-order valence-electron chi connectivity index (χ4n) is 1.14. The van der Waals surface area contributed by atoms with Gasteiger partial charge in [-0.1, -0.05) is 15.9 Å². The number of rotatable bonds is 5. The zero-order chi connectivity index (χ0) is 12.2. The molecule has 90 valence electrons. The Morgan fingerprint density at radius 2 is 2.06 bits per heavy atom. The minimum Gasteiger partial charge on any atom is -0.491 e. The maximum atomic E-state index is 5.79. The predicted molar refractivity (Wildman–Crippen MR) is 69.8 cm³/mol. The molecule has 1 rings (SSSR count). The van der Waals surface area contributed by atoms with E-state index in [-0.39, 0.29) is 5.60 Å². The minimum absolute atomic E-state index is 0.166. The summed E-state index contributed by atoms with van der Waals surface area (Å²) in [4.78, 5) is 0. The van der Waals surface area contributed by atoms with E-state index < -0.39 is 0 Å². The third-order valence-corrected chi connectivity index (χ3v) is 2.98. The van der Waals surface area contributed by atoms with Crippen molar-refractivity contribution in [3.05, 3.63) is 22.7 Å². The molecule has 0 saturated carbocycles. The van der Waals surface area contributed by atoms with E-state index in [9.17, 15) is 0 Å². The highest BCUT2D eigenvalue weighted by molar-refractivity contribution is 9.10. The van der Waals surface area contributed by atoms with Gasteiger partial charge < -0.3 is 15.2 Å². The topological polar surface area (TPSA) is 44.5 Å². The second-order valence-electron chi connectivity index (χ2n) is 4.24. The summed E-state index contributed by atoms with van der Waals surface area (Å²) in [7, 11) is 1.70. The molecule has 0 amide bonds. The molecule has 0 heterocycles. The summed E-state index contributed by atoms with van der Waals surface area (Å²) in [6.07, 6.45) is 0.815. The van der Waals surface area contributed by atoms with Gasteiger partial charge in [0.25, 0.3) is 0 Å². The summed E-state index contributed by atoms with van der Waals surface area (Å²) in [5, 5.41) is 0. The summed E-state index contributed by atoms with van der Waals surface area (Å²) in [5.41, 5.74) is 6.28. The van der Waals surface area contributed by atoms with E-state index in [4.69, 9.17) is 15.2 Å². The molecule has 4 heteroatoms. The lowest BCUT2D eigenvalue weighted by Crippen LogP contribution is -2.25. The second-order valence-corrected chi connectivity index (χ2v) is 5.16. The molecule has 0 aliphatic heterocycles. The van der Waals surface area contributed by atoms with Crippen LogP contribution in [0.4, 0.5) is 5.69 Å². The summed E-state index contributed by atoms with van der Waals surface area (Å²) in [5.74, 6) is 0.710. The van der Waals surface area contributed by atoms with Crippen LogP contribution in [0.5, 0.6) is 5.75 Å². The Hall–Kier alpha value is -0.740. The van der Waals surface area contributed by atoms with Gasteiger partial charge in [-0.05, 0) is 32.0 Å². The van der Waals surface area contributed by atoms with Crippen LogP contribution in [0.3, 0.4) is 0 Å². The number of benzene rings is 1. The summed E-state index contributed by atoms with van der Waals surface area (Å²) < 4.78 is 11.9. The van der Waals surface area contributed by atoms with E-state index in [1.807, 2.05) is 32.0 Å². The molecule has 0 saturated heterocycles. The van der Waals surface area contributed by atoms with Crippen LogP contribution < -0.4 is 10.5 Å². The summed E-state index contributed by atoms with van der Waals surface area (Å²) >= 11 is 3.38. The maximum absolute atomic E-state index is 5.79. The van der Waals surface area contributed by atoms with E-state index in [0.717, 1.165) is 10.9 Å². The van der Waals surface area contributed by atoms with Crippen molar-refractivity contribution in [2.45, 2.75) is 25.9 Å². The molecular formula is C12H18BrNO2. The normalized spacial score (nSPS) is 11.5. The molecule has 0 radical (unpaired) electrons. The second kappa shape index (κ2) is 5.55. The molecule has 0 unspecified atom stereocenters. The highest BCUT2D eigenvalue weighted by Gasteiger charge is 2.16. The van der Waals surface area contributed by atoms with Crippen LogP contribution in [-0.2, 0) is 4.74 Å². The monoisotopic (exact) mass is 287 g/mol. The number of hydrogen-bond acceptors (Lipinski definition) is 3. The average molecular weight is 288 g/mol. The SMILES string of the molecule is COC(C)(C)CCOc1cc(Br)ccc1N. The van der Waals surface area contributed by atoms with Crippen molar-refractivity contribution in [3.63, 3.8) is 0 Å². The van der Waals surface area contributed by atoms with E-state index >= 15 is 0 Å². The van der Waals surface area contributed by atoms with Crippen molar-refractivity contribution >= 4 is 21.6 Å². The van der Waals surface area contributed by atoms with Crippen molar-refractivity contribution in [2.75, 3.05) is 19.5 Å². The molecular weight excluding hydrogens is 270 g/mol. The number of methoxy groups -OCH3 is 1. The Labute approximate surface area is 105 Å². The smallest absolute Gasteiger partial charge is 0.143 e. The molecule has 1 aromatic rings. The van der Waals surface area contributed by atoms with Crippen molar-refractivity contribution in [2.24, 2.45) is 0 Å². The number of anilines is 1. The van der Waals surface area contributed by atoms with Crippen LogP contribution in [0.2, 0.25) is 0 Å². The number of ether oxygens (including phenoxy) is 2.